The molecule has 1 N–H and O–H groups in total. The molecular weight excluding hydrogens is 198 g/mol. The third-order valence-corrected chi connectivity index (χ3v) is 3.26. The number of aromatic nitrogens is 3. The van der Waals surface area contributed by atoms with E-state index in [9.17, 15) is 0 Å². The first-order valence-corrected chi connectivity index (χ1v) is 5.92. The van der Waals surface area contributed by atoms with Crippen molar-refractivity contribution in [3.05, 3.63) is 12.2 Å². The van der Waals surface area contributed by atoms with Gasteiger partial charge in [-0.2, -0.15) is 16.9 Å². The van der Waals surface area contributed by atoms with Crippen LogP contribution in [0.2, 0.25) is 0 Å². The van der Waals surface area contributed by atoms with Gasteiger partial charge in [0.2, 0.25) is 0 Å². The van der Waals surface area contributed by atoms with Crippen LogP contribution in [0.15, 0.2) is 6.33 Å². The first-order valence-electron chi connectivity index (χ1n) is 4.87. The van der Waals surface area contributed by atoms with Crippen molar-refractivity contribution in [2.45, 2.75) is 37.8 Å². The molecule has 80 valence electrons. The monoisotopic (exact) mass is 215 g/mol. The average molecular weight is 215 g/mol. The molecule has 0 aliphatic heterocycles. The largest absolute Gasteiger partial charge is 0.396 e. The molecule has 1 atom stereocenters. The zero-order valence-corrected chi connectivity index (χ0v) is 9.50. The summed E-state index contributed by atoms with van der Waals surface area (Å²) in [6.45, 7) is 5.30. The number of aliphatic hydroxyl groups excluding tert-OH is 1. The summed E-state index contributed by atoms with van der Waals surface area (Å²) in [6.07, 6.45) is 2.43. The fraction of sp³-hybridized carbons (Fsp3) is 0.778. The van der Waals surface area contributed by atoms with Crippen LogP contribution in [0, 0.1) is 0 Å². The lowest BCUT2D eigenvalue weighted by Gasteiger charge is -2.08. The molecule has 0 aliphatic rings. The van der Waals surface area contributed by atoms with E-state index < -0.39 is 0 Å². The van der Waals surface area contributed by atoms with Gasteiger partial charge in [0.05, 0.1) is 5.75 Å². The highest BCUT2D eigenvalue weighted by molar-refractivity contribution is 7.99. The molecule has 1 aromatic heterocycles. The summed E-state index contributed by atoms with van der Waals surface area (Å²) in [5.74, 6) is 1.89. The second-order valence-corrected chi connectivity index (χ2v) is 4.55. The molecule has 14 heavy (non-hydrogen) atoms. The van der Waals surface area contributed by atoms with Crippen molar-refractivity contribution in [3.63, 3.8) is 0 Å². The van der Waals surface area contributed by atoms with Gasteiger partial charge in [0, 0.05) is 18.4 Å². The van der Waals surface area contributed by atoms with Crippen LogP contribution in [-0.2, 0) is 12.3 Å². The molecule has 0 aliphatic carbocycles. The van der Waals surface area contributed by atoms with Gasteiger partial charge in [-0.15, -0.1) is 0 Å². The van der Waals surface area contributed by atoms with Gasteiger partial charge in [-0.3, -0.25) is 0 Å². The number of rotatable bonds is 6. The van der Waals surface area contributed by atoms with Gasteiger partial charge in [0.1, 0.15) is 12.2 Å². The molecule has 1 heterocycles. The molecule has 0 bridgehead atoms. The van der Waals surface area contributed by atoms with E-state index in [-0.39, 0.29) is 6.61 Å². The van der Waals surface area contributed by atoms with Crippen molar-refractivity contribution in [2.75, 3.05) is 6.61 Å². The molecule has 0 saturated carbocycles. The maximum Gasteiger partial charge on any atom is 0.138 e. The summed E-state index contributed by atoms with van der Waals surface area (Å²) in [6, 6.07) is 0. The van der Waals surface area contributed by atoms with Crippen LogP contribution >= 0.6 is 11.8 Å². The van der Waals surface area contributed by atoms with Crippen LogP contribution in [-0.4, -0.2) is 31.7 Å². The Balaban J connectivity index is 2.37. The first kappa shape index (κ1) is 11.5. The van der Waals surface area contributed by atoms with E-state index in [2.05, 4.69) is 23.9 Å². The van der Waals surface area contributed by atoms with Crippen LogP contribution in [0.5, 0.6) is 0 Å². The van der Waals surface area contributed by atoms with Crippen molar-refractivity contribution in [1.29, 1.82) is 0 Å². The molecule has 1 rings (SSSR count). The molecular formula is C9H17N3OS. The van der Waals surface area contributed by atoms with Crippen LogP contribution < -0.4 is 0 Å². The van der Waals surface area contributed by atoms with E-state index in [0.29, 0.717) is 5.25 Å². The number of nitrogens with zero attached hydrogens (tertiary/aromatic N) is 3. The first-order chi connectivity index (χ1) is 6.77. The normalized spacial score (nSPS) is 13.1. The van der Waals surface area contributed by atoms with Gasteiger partial charge < -0.3 is 5.11 Å². The van der Waals surface area contributed by atoms with Crippen molar-refractivity contribution in [1.82, 2.24) is 14.8 Å². The fourth-order valence-electron chi connectivity index (χ4n) is 1.15. The van der Waals surface area contributed by atoms with Crippen molar-refractivity contribution in [3.8, 4) is 0 Å². The zero-order valence-electron chi connectivity index (χ0n) is 8.68. The summed E-state index contributed by atoms with van der Waals surface area (Å²) in [4.78, 5) is 4.19. The van der Waals surface area contributed by atoms with E-state index in [1.54, 1.807) is 18.1 Å². The minimum atomic E-state index is 0.259. The maximum absolute atomic E-state index is 8.75. The van der Waals surface area contributed by atoms with E-state index in [4.69, 9.17) is 5.11 Å². The quantitative estimate of drug-likeness (QED) is 0.777. The number of aryl methyl sites for hydroxylation is 1. The topological polar surface area (TPSA) is 50.9 Å². The van der Waals surface area contributed by atoms with E-state index >= 15 is 0 Å². The van der Waals surface area contributed by atoms with Crippen LogP contribution in [0.25, 0.3) is 0 Å². The lowest BCUT2D eigenvalue weighted by molar-refractivity contribution is 0.289. The second-order valence-electron chi connectivity index (χ2n) is 3.13. The average Bonchev–Trinajstić information content (AvgIpc) is 2.62. The molecule has 0 radical (unpaired) electrons. The predicted molar refractivity (Wildman–Crippen MR) is 58.2 cm³/mol. The smallest absolute Gasteiger partial charge is 0.138 e. The van der Waals surface area contributed by atoms with E-state index in [1.165, 1.54) is 0 Å². The van der Waals surface area contributed by atoms with E-state index in [1.807, 2.05) is 4.68 Å². The third-order valence-electron chi connectivity index (χ3n) is 2.03. The Labute approximate surface area is 88.7 Å². The molecule has 0 aromatic carbocycles. The van der Waals surface area contributed by atoms with Crippen LogP contribution in [0.1, 0.15) is 26.1 Å². The Morgan fingerprint density at radius 2 is 2.43 bits per heavy atom. The van der Waals surface area contributed by atoms with Gasteiger partial charge in [-0.05, 0) is 13.3 Å². The highest BCUT2D eigenvalue weighted by atomic mass is 32.2. The second kappa shape index (κ2) is 6.03. The zero-order chi connectivity index (χ0) is 10.4. The van der Waals surface area contributed by atoms with E-state index in [0.717, 1.165) is 24.5 Å². The molecule has 5 heteroatoms. The number of thioether (sulfide) groups is 1. The number of aliphatic hydroxyl groups is 1. The standard InChI is InChI=1S/C9H17N3OS/c1-3-12-9(10-7-11-12)6-14-8(2)4-5-13/h7-8,13H,3-6H2,1-2H3. The third kappa shape index (κ3) is 3.31. The van der Waals surface area contributed by atoms with Gasteiger partial charge in [0.25, 0.3) is 0 Å². The summed E-state index contributed by atoms with van der Waals surface area (Å²) >= 11 is 1.80. The SMILES string of the molecule is CCn1ncnc1CSC(C)CCO. The summed E-state index contributed by atoms with van der Waals surface area (Å²) in [7, 11) is 0. The summed E-state index contributed by atoms with van der Waals surface area (Å²) in [5, 5.41) is 13.3. The molecule has 0 saturated heterocycles. The Bertz CT molecular complexity index is 264. The van der Waals surface area contributed by atoms with Crippen LogP contribution in [0.3, 0.4) is 0 Å². The highest BCUT2D eigenvalue weighted by Gasteiger charge is 2.06. The van der Waals surface area contributed by atoms with Crippen molar-refractivity contribution < 1.29 is 5.11 Å². The molecule has 4 nitrogen and oxygen atoms in total. The molecule has 0 fully saturated rings. The molecule has 1 unspecified atom stereocenters. The minimum Gasteiger partial charge on any atom is -0.396 e. The Morgan fingerprint density at radius 1 is 1.64 bits per heavy atom. The Kier molecular flexibility index (Phi) is 4.97. The maximum atomic E-state index is 8.75. The molecule has 0 spiro atoms. The van der Waals surface area contributed by atoms with Crippen molar-refractivity contribution in [2.24, 2.45) is 0 Å². The van der Waals surface area contributed by atoms with Crippen molar-refractivity contribution >= 4 is 11.8 Å². The van der Waals surface area contributed by atoms with Gasteiger partial charge in [-0.1, -0.05) is 6.92 Å². The molecule has 0 amide bonds. The Hall–Kier alpha value is -0.550. The fourth-order valence-corrected chi connectivity index (χ4v) is 2.08. The molecule has 1 aromatic rings. The van der Waals surface area contributed by atoms with Gasteiger partial charge in [0.15, 0.2) is 0 Å². The summed E-state index contributed by atoms with van der Waals surface area (Å²) in [5.41, 5.74) is 0. The van der Waals surface area contributed by atoms with Gasteiger partial charge in [-0.25, -0.2) is 9.67 Å². The lowest BCUT2D eigenvalue weighted by atomic mass is 10.3. The summed E-state index contributed by atoms with van der Waals surface area (Å²) < 4.78 is 1.90. The predicted octanol–water partition coefficient (Wildman–Crippen LogP) is 1.30. The van der Waals surface area contributed by atoms with Gasteiger partial charge >= 0.3 is 0 Å². The minimum absolute atomic E-state index is 0.259. The lowest BCUT2D eigenvalue weighted by Crippen LogP contribution is -2.05. The number of hydrogen-bond donors (Lipinski definition) is 1. The highest BCUT2D eigenvalue weighted by Crippen LogP contribution is 2.18. The number of hydrogen-bond acceptors (Lipinski definition) is 4. The van der Waals surface area contributed by atoms with Crippen LogP contribution in [0.4, 0.5) is 0 Å². The Morgan fingerprint density at radius 3 is 3.07 bits per heavy atom.